The molecule has 2 nitrogen and oxygen atoms in total. The predicted molar refractivity (Wildman–Crippen MR) is 82.3 cm³/mol. The van der Waals surface area contributed by atoms with Gasteiger partial charge in [0.2, 0.25) is 0 Å². The maximum Gasteiger partial charge on any atom is 0.127 e. The van der Waals surface area contributed by atoms with Crippen molar-refractivity contribution in [2.45, 2.75) is 46.2 Å². The molecule has 1 aliphatic rings. The van der Waals surface area contributed by atoms with Crippen molar-refractivity contribution in [3.8, 4) is 0 Å². The van der Waals surface area contributed by atoms with Gasteiger partial charge in [-0.3, -0.25) is 4.90 Å². The third-order valence-corrected chi connectivity index (χ3v) is 4.26. The summed E-state index contributed by atoms with van der Waals surface area (Å²) in [6, 6.07) is 5.86. The van der Waals surface area contributed by atoms with Crippen molar-refractivity contribution in [1.29, 1.82) is 0 Å². The maximum absolute atomic E-state index is 13.9. The van der Waals surface area contributed by atoms with Crippen molar-refractivity contribution in [3.63, 3.8) is 0 Å². The third kappa shape index (κ3) is 4.29. The highest BCUT2D eigenvalue weighted by Gasteiger charge is 2.20. The highest BCUT2D eigenvalue weighted by atomic mass is 19.1. The molecule has 0 aliphatic carbocycles. The van der Waals surface area contributed by atoms with E-state index in [0.29, 0.717) is 6.04 Å². The second-order valence-corrected chi connectivity index (χ2v) is 6.31. The second kappa shape index (κ2) is 7.19. The van der Waals surface area contributed by atoms with E-state index in [1.54, 1.807) is 6.07 Å². The fourth-order valence-corrected chi connectivity index (χ4v) is 2.90. The minimum Gasteiger partial charge on any atom is -0.317 e. The van der Waals surface area contributed by atoms with E-state index in [-0.39, 0.29) is 5.82 Å². The van der Waals surface area contributed by atoms with Crippen LogP contribution in [0.4, 0.5) is 4.39 Å². The molecule has 0 saturated carbocycles. The molecule has 1 aromatic carbocycles. The molecule has 1 N–H and O–H groups in total. The minimum atomic E-state index is -0.0773. The van der Waals surface area contributed by atoms with Crippen molar-refractivity contribution < 1.29 is 4.39 Å². The molecule has 3 heteroatoms. The summed E-state index contributed by atoms with van der Waals surface area (Å²) in [7, 11) is 0. The van der Waals surface area contributed by atoms with Crippen molar-refractivity contribution in [1.82, 2.24) is 10.2 Å². The van der Waals surface area contributed by atoms with Gasteiger partial charge in [0.1, 0.15) is 5.82 Å². The van der Waals surface area contributed by atoms with Crippen LogP contribution in [0.3, 0.4) is 0 Å². The molecule has 0 radical (unpaired) electrons. The number of hydrogen-bond donors (Lipinski definition) is 1. The molecule has 1 aliphatic heterocycles. The Hall–Kier alpha value is -0.930. The lowest BCUT2D eigenvalue weighted by molar-refractivity contribution is 0.160. The fraction of sp³-hybridized carbons (Fsp3) is 0.647. The molecule has 1 aromatic rings. The molecule has 0 unspecified atom stereocenters. The Morgan fingerprint density at radius 1 is 1.30 bits per heavy atom. The minimum absolute atomic E-state index is 0.0773. The molecule has 1 heterocycles. The number of aryl methyl sites for hydroxylation is 1. The van der Waals surface area contributed by atoms with Crippen LogP contribution in [0.25, 0.3) is 0 Å². The summed E-state index contributed by atoms with van der Waals surface area (Å²) in [6.07, 6.45) is 2.47. The SMILES string of the molecule is Cc1ccc(F)c(CN(CC2CCNCC2)C(C)C)c1. The van der Waals surface area contributed by atoms with Crippen LogP contribution in [-0.4, -0.2) is 30.6 Å². The Kier molecular flexibility index (Phi) is 5.55. The van der Waals surface area contributed by atoms with E-state index in [2.05, 4.69) is 24.1 Å². The van der Waals surface area contributed by atoms with E-state index in [1.807, 2.05) is 19.1 Å². The zero-order valence-electron chi connectivity index (χ0n) is 13.0. The lowest BCUT2D eigenvalue weighted by Crippen LogP contribution is -2.39. The Morgan fingerprint density at radius 2 is 2.00 bits per heavy atom. The van der Waals surface area contributed by atoms with Crippen molar-refractivity contribution in [3.05, 3.63) is 35.1 Å². The van der Waals surface area contributed by atoms with Gasteiger partial charge < -0.3 is 5.32 Å². The van der Waals surface area contributed by atoms with Crippen molar-refractivity contribution >= 4 is 0 Å². The van der Waals surface area contributed by atoms with Crippen LogP contribution in [0.5, 0.6) is 0 Å². The van der Waals surface area contributed by atoms with E-state index < -0.39 is 0 Å². The lowest BCUT2D eigenvalue weighted by Gasteiger charge is -2.33. The Morgan fingerprint density at radius 3 is 2.65 bits per heavy atom. The van der Waals surface area contributed by atoms with Crippen LogP contribution in [0, 0.1) is 18.7 Å². The first-order valence-electron chi connectivity index (χ1n) is 7.76. The molecular weight excluding hydrogens is 251 g/mol. The first-order chi connectivity index (χ1) is 9.56. The third-order valence-electron chi connectivity index (χ3n) is 4.26. The Balaban J connectivity index is 2.02. The van der Waals surface area contributed by atoms with Gasteiger partial charge in [-0.15, -0.1) is 0 Å². The van der Waals surface area contributed by atoms with Gasteiger partial charge in [-0.2, -0.15) is 0 Å². The molecule has 20 heavy (non-hydrogen) atoms. The smallest absolute Gasteiger partial charge is 0.127 e. The van der Waals surface area contributed by atoms with Crippen LogP contribution in [0.1, 0.15) is 37.8 Å². The summed E-state index contributed by atoms with van der Waals surface area (Å²) in [5, 5.41) is 3.40. The monoisotopic (exact) mass is 278 g/mol. The number of nitrogens with zero attached hydrogens (tertiary/aromatic N) is 1. The van der Waals surface area contributed by atoms with E-state index >= 15 is 0 Å². The highest BCUT2D eigenvalue weighted by Crippen LogP contribution is 2.19. The summed E-state index contributed by atoms with van der Waals surface area (Å²) in [4.78, 5) is 2.41. The number of rotatable bonds is 5. The zero-order chi connectivity index (χ0) is 14.5. The highest BCUT2D eigenvalue weighted by molar-refractivity contribution is 5.24. The molecule has 0 aromatic heterocycles. The van der Waals surface area contributed by atoms with Crippen LogP contribution >= 0.6 is 0 Å². The molecule has 0 atom stereocenters. The van der Waals surface area contributed by atoms with Gasteiger partial charge in [-0.1, -0.05) is 17.7 Å². The van der Waals surface area contributed by atoms with Gasteiger partial charge in [0, 0.05) is 24.7 Å². The van der Waals surface area contributed by atoms with E-state index in [9.17, 15) is 4.39 Å². The molecule has 0 spiro atoms. The number of piperidine rings is 1. The largest absolute Gasteiger partial charge is 0.317 e. The van der Waals surface area contributed by atoms with Crippen LogP contribution in [0.2, 0.25) is 0 Å². The number of benzene rings is 1. The molecule has 2 rings (SSSR count). The summed E-state index contributed by atoms with van der Waals surface area (Å²) in [5.74, 6) is 0.665. The standard InChI is InChI=1S/C17H27FN2/c1-13(2)20(11-15-6-8-19-9-7-15)12-16-10-14(3)4-5-17(16)18/h4-5,10,13,15,19H,6-9,11-12H2,1-3H3. The normalized spacial score (nSPS) is 17.1. The van der Waals surface area contributed by atoms with Gasteiger partial charge >= 0.3 is 0 Å². The molecule has 0 bridgehead atoms. The average Bonchev–Trinajstić information content (AvgIpc) is 2.43. The van der Waals surface area contributed by atoms with Gasteiger partial charge in [-0.25, -0.2) is 4.39 Å². The summed E-state index contributed by atoms with van der Waals surface area (Å²) in [5.41, 5.74) is 1.96. The number of nitrogens with one attached hydrogen (secondary N) is 1. The summed E-state index contributed by atoms with van der Waals surface area (Å²) < 4.78 is 13.9. The van der Waals surface area contributed by atoms with Gasteiger partial charge in [0.25, 0.3) is 0 Å². The van der Waals surface area contributed by atoms with Crippen LogP contribution in [0.15, 0.2) is 18.2 Å². The van der Waals surface area contributed by atoms with Gasteiger partial charge in [0.05, 0.1) is 0 Å². The molecular formula is C17H27FN2. The summed E-state index contributed by atoms with van der Waals surface area (Å²) in [6.45, 7) is 10.5. The molecule has 112 valence electrons. The summed E-state index contributed by atoms with van der Waals surface area (Å²) >= 11 is 0. The molecule has 0 amide bonds. The van der Waals surface area contributed by atoms with Crippen LogP contribution < -0.4 is 5.32 Å². The lowest BCUT2D eigenvalue weighted by atomic mass is 9.96. The number of halogens is 1. The van der Waals surface area contributed by atoms with Crippen molar-refractivity contribution in [2.75, 3.05) is 19.6 Å². The van der Waals surface area contributed by atoms with E-state index in [0.717, 1.165) is 43.2 Å². The topological polar surface area (TPSA) is 15.3 Å². The van der Waals surface area contributed by atoms with Crippen LogP contribution in [-0.2, 0) is 6.54 Å². The second-order valence-electron chi connectivity index (χ2n) is 6.31. The molecule has 1 fully saturated rings. The number of hydrogen-bond acceptors (Lipinski definition) is 2. The average molecular weight is 278 g/mol. The van der Waals surface area contributed by atoms with Crippen molar-refractivity contribution in [2.24, 2.45) is 5.92 Å². The van der Waals surface area contributed by atoms with E-state index in [4.69, 9.17) is 0 Å². The van der Waals surface area contributed by atoms with Gasteiger partial charge in [0.15, 0.2) is 0 Å². The molecule has 1 saturated heterocycles. The fourth-order valence-electron chi connectivity index (χ4n) is 2.90. The van der Waals surface area contributed by atoms with E-state index in [1.165, 1.54) is 12.8 Å². The zero-order valence-corrected chi connectivity index (χ0v) is 13.0. The maximum atomic E-state index is 13.9. The quantitative estimate of drug-likeness (QED) is 0.888. The predicted octanol–water partition coefficient (Wildman–Crippen LogP) is 3.34. The first-order valence-corrected chi connectivity index (χ1v) is 7.76. The van der Waals surface area contributed by atoms with Gasteiger partial charge in [-0.05, 0) is 58.7 Å². The first kappa shape index (κ1) is 15.5. The Bertz CT molecular complexity index is 425. The Labute approximate surface area is 122 Å².